The van der Waals surface area contributed by atoms with Crippen molar-refractivity contribution < 1.29 is 14.3 Å². The third-order valence-corrected chi connectivity index (χ3v) is 6.04. The van der Waals surface area contributed by atoms with E-state index >= 15 is 0 Å². The minimum atomic E-state index is -0.563. The Morgan fingerprint density at radius 1 is 1.20 bits per heavy atom. The SMILES string of the molecule is CO[C@H]1CC[C@@H](Cc2ccc(Br)cc2C2N=C(C)C(NC(=O)OC(C)(C)C)=N2)CC1. The lowest BCUT2D eigenvalue weighted by Gasteiger charge is -2.28. The molecule has 1 aliphatic carbocycles. The number of amides is 1. The number of halogens is 1. The Balaban J connectivity index is 1.74. The van der Waals surface area contributed by atoms with Gasteiger partial charge >= 0.3 is 6.09 Å². The third kappa shape index (κ3) is 6.14. The molecule has 1 saturated carbocycles. The molecule has 3 rings (SSSR count). The maximum Gasteiger partial charge on any atom is 0.413 e. The van der Waals surface area contributed by atoms with Gasteiger partial charge < -0.3 is 9.47 Å². The number of benzene rings is 1. The Morgan fingerprint density at radius 2 is 1.90 bits per heavy atom. The Labute approximate surface area is 187 Å². The number of amidine groups is 1. The summed E-state index contributed by atoms with van der Waals surface area (Å²) in [5.41, 5.74) is 2.49. The number of nitrogens with one attached hydrogen (secondary N) is 1. The third-order valence-electron chi connectivity index (χ3n) is 5.55. The Morgan fingerprint density at radius 3 is 2.53 bits per heavy atom. The predicted molar refractivity (Wildman–Crippen MR) is 123 cm³/mol. The van der Waals surface area contributed by atoms with Crippen molar-refractivity contribution in [1.82, 2.24) is 5.32 Å². The number of nitrogens with zero attached hydrogens (tertiary/aromatic N) is 2. The maximum absolute atomic E-state index is 12.2. The molecule has 1 aromatic rings. The molecule has 164 valence electrons. The van der Waals surface area contributed by atoms with E-state index in [0.29, 0.717) is 23.6 Å². The van der Waals surface area contributed by atoms with Crippen molar-refractivity contribution >= 4 is 33.6 Å². The van der Waals surface area contributed by atoms with Crippen LogP contribution in [0.5, 0.6) is 0 Å². The van der Waals surface area contributed by atoms with Gasteiger partial charge in [0.15, 0.2) is 12.0 Å². The molecule has 1 atom stereocenters. The highest BCUT2D eigenvalue weighted by Crippen LogP contribution is 2.34. The van der Waals surface area contributed by atoms with Gasteiger partial charge in [-0.2, -0.15) is 0 Å². The van der Waals surface area contributed by atoms with Gasteiger partial charge in [0.2, 0.25) is 0 Å². The first-order valence-electron chi connectivity index (χ1n) is 10.6. The Kier molecular flexibility index (Phi) is 7.34. The Hall–Kier alpha value is -1.73. The van der Waals surface area contributed by atoms with Gasteiger partial charge in [0.25, 0.3) is 0 Å². The van der Waals surface area contributed by atoms with Gasteiger partial charge in [0, 0.05) is 17.1 Å². The molecular weight excluding hydrogens is 446 g/mol. The minimum Gasteiger partial charge on any atom is -0.444 e. The molecule has 1 aliphatic heterocycles. The zero-order valence-corrected chi connectivity index (χ0v) is 20.1. The number of hydrogen-bond donors (Lipinski definition) is 1. The summed E-state index contributed by atoms with van der Waals surface area (Å²) in [6.07, 6.45) is 5.14. The van der Waals surface area contributed by atoms with E-state index in [2.05, 4.69) is 44.4 Å². The molecule has 0 aromatic heterocycles. The van der Waals surface area contributed by atoms with Gasteiger partial charge in [-0.1, -0.05) is 22.0 Å². The number of methoxy groups -OCH3 is 1. The fourth-order valence-electron chi connectivity index (χ4n) is 4.03. The molecule has 1 fully saturated rings. The van der Waals surface area contributed by atoms with Crippen molar-refractivity contribution in [3.63, 3.8) is 0 Å². The smallest absolute Gasteiger partial charge is 0.413 e. The zero-order valence-electron chi connectivity index (χ0n) is 18.5. The number of ether oxygens (including phenoxy) is 2. The van der Waals surface area contributed by atoms with Crippen LogP contribution in [0, 0.1) is 5.92 Å². The molecule has 30 heavy (non-hydrogen) atoms. The fraction of sp³-hybridized carbons (Fsp3) is 0.609. The molecule has 0 saturated heterocycles. The van der Waals surface area contributed by atoms with Crippen molar-refractivity contribution in [3.05, 3.63) is 33.8 Å². The molecule has 0 radical (unpaired) electrons. The van der Waals surface area contributed by atoms with Crippen LogP contribution >= 0.6 is 15.9 Å². The first-order chi connectivity index (χ1) is 14.1. The van der Waals surface area contributed by atoms with E-state index in [1.807, 2.05) is 27.7 Å². The highest BCUT2D eigenvalue weighted by molar-refractivity contribution is 9.10. The minimum absolute atomic E-state index is 0.349. The van der Waals surface area contributed by atoms with Crippen LogP contribution < -0.4 is 5.32 Å². The topological polar surface area (TPSA) is 72.3 Å². The van der Waals surface area contributed by atoms with E-state index in [1.54, 1.807) is 7.11 Å². The summed E-state index contributed by atoms with van der Waals surface area (Å²) in [7, 11) is 1.80. The van der Waals surface area contributed by atoms with Crippen LogP contribution in [0.4, 0.5) is 4.79 Å². The van der Waals surface area contributed by atoms with Gasteiger partial charge in [-0.3, -0.25) is 10.3 Å². The quantitative estimate of drug-likeness (QED) is 0.613. The molecular formula is C23H32BrN3O3. The summed E-state index contributed by atoms with van der Waals surface area (Å²) in [5, 5.41) is 2.74. The van der Waals surface area contributed by atoms with Gasteiger partial charge in [-0.05, 0) is 83.4 Å². The lowest BCUT2D eigenvalue weighted by Crippen LogP contribution is -2.38. The van der Waals surface area contributed by atoms with Crippen molar-refractivity contribution in [2.75, 3.05) is 7.11 Å². The molecule has 0 spiro atoms. The summed E-state index contributed by atoms with van der Waals surface area (Å²) in [6.45, 7) is 7.36. The van der Waals surface area contributed by atoms with Gasteiger partial charge in [0.1, 0.15) is 5.60 Å². The second-order valence-corrected chi connectivity index (χ2v) is 10.0. The number of carbonyl (C=O) groups is 1. The average Bonchev–Trinajstić information content (AvgIpc) is 3.02. The van der Waals surface area contributed by atoms with Crippen molar-refractivity contribution in [1.29, 1.82) is 0 Å². The van der Waals surface area contributed by atoms with Gasteiger partial charge in [-0.15, -0.1) is 0 Å². The highest BCUT2D eigenvalue weighted by Gasteiger charge is 2.27. The molecule has 1 amide bonds. The number of hydrogen-bond acceptors (Lipinski definition) is 5. The van der Waals surface area contributed by atoms with Crippen LogP contribution in [-0.4, -0.2) is 36.5 Å². The van der Waals surface area contributed by atoms with E-state index in [4.69, 9.17) is 14.5 Å². The molecule has 6 nitrogen and oxygen atoms in total. The maximum atomic E-state index is 12.2. The number of carbonyl (C=O) groups excluding carboxylic acids is 1. The second kappa shape index (κ2) is 9.60. The Bertz CT molecular complexity index is 837. The standard InChI is InChI=1S/C23H32BrN3O3/c1-14-20(27-22(28)30-23(2,3)4)26-21(25-14)19-13-17(24)9-8-16(19)12-15-6-10-18(29-5)11-7-15/h8-9,13,15,18,21H,6-7,10-12H2,1-5H3,(H,26,27,28)/t15-,18+,21?. The lowest BCUT2D eigenvalue weighted by atomic mass is 9.82. The van der Waals surface area contributed by atoms with Crippen LogP contribution in [0.25, 0.3) is 0 Å². The normalized spacial score (nSPS) is 24.3. The van der Waals surface area contributed by atoms with Crippen LogP contribution in [0.1, 0.15) is 70.7 Å². The van der Waals surface area contributed by atoms with Gasteiger partial charge in [0.05, 0.1) is 11.8 Å². The van der Waals surface area contributed by atoms with Gasteiger partial charge in [-0.25, -0.2) is 9.79 Å². The van der Waals surface area contributed by atoms with E-state index in [1.165, 1.54) is 18.4 Å². The van der Waals surface area contributed by atoms with Crippen LogP contribution in [0.15, 0.2) is 32.7 Å². The molecule has 1 unspecified atom stereocenters. The van der Waals surface area contributed by atoms with E-state index in [-0.39, 0.29) is 6.17 Å². The average molecular weight is 478 g/mol. The molecule has 1 heterocycles. The number of aliphatic imine (C=N–C) groups is 2. The van der Waals surface area contributed by atoms with E-state index in [0.717, 1.165) is 29.3 Å². The summed E-state index contributed by atoms with van der Waals surface area (Å²) in [5.74, 6) is 1.12. The first kappa shape index (κ1) is 22.9. The van der Waals surface area contributed by atoms with Crippen molar-refractivity contribution in [3.8, 4) is 0 Å². The number of alkyl carbamates (subject to hydrolysis) is 1. The van der Waals surface area contributed by atoms with E-state index < -0.39 is 11.7 Å². The second-order valence-electron chi connectivity index (χ2n) is 9.12. The highest BCUT2D eigenvalue weighted by atomic mass is 79.9. The largest absolute Gasteiger partial charge is 0.444 e. The number of rotatable bonds is 4. The van der Waals surface area contributed by atoms with Crippen molar-refractivity contribution in [2.24, 2.45) is 15.9 Å². The summed E-state index contributed by atoms with van der Waals surface area (Å²) < 4.78 is 11.9. The van der Waals surface area contributed by atoms with Crippen LogP contribution in [0.3, 0.4) is 0 Å². The molecule has 2 aliphatic rings. The van der Waals surface area contributed by atoms with Crippen LogP contribution in [-0.2, 0) is 15.9 Å². The molecule has 0 bridgehead atoms. The molecule has 1 N–H and O–H groups in total. The van der Waals surface area contributed by atoms with Crippen LogP contribution in [0.2, 0.25) is 0 Å². The summed E-state index contributed by atoms with van der Waals surface area (Å²) in [6, 6.07) is 6.34. The summed E-state index contributed by atoms with van der Waals surface area (Å²) >= 11 is 3.59. The zero-order chi connectivity index (χ0) is 21.9. The molecule has 7 heteroatoms. The monoisotopic (exact) mass is 477 g/mol. The molecule has 1 aromatic carbocycles. The predicted octanol–water partition coefficient (Wildman–Crippen LogP) is 5.59. The lowest BCUT2D eigenvalue weighted by molar-refractivity contribution is 0.0562. The van der Waals surface area contributed by atoms with Crippen molar-refractivity contribution in [2.45, 2.75) is 77.7 Å². The summed E-state index contributed by atoms with van der Waals surface area (Å²) in [4.78, 5) is 21.6. The first-order valence-corrected chi connectivity index (χ1v) is 11.4. The fourth-order valence-corrected chi connectivity index (χ4v) is 4.40. The van der Waals surface area contributed by atoms with E-state index in [9.17, 15) is 4.79 Å².